The zero-order chi connectivity index (χ0) is 13.1. The SMILES string of the molecule is CCC(=O)Nc1ccc(N(C(C)=O)C2CC2)cc1. The van der Waals surface area contributed by atoms with Gasteiger partial charge in [0.25, 0.3) is 0 Å². The normalized spacial score (nSPS) is 14.1. The number of carbonyl (C=O) groups excluding carboxylic acids is 2. The van der Waals surface area contributed by atoms with E-state index >= 15 is 0 Å². The topological polar surface area (TPSA) is 49.4 Å². The van der Waals surface area contributed by atoms with Gasteiger partial charge in [0.15, 0.2) is 0 Å². The average Bonchev–Trinajstić information content (AvgIpc) is 3.15. The van der Waals surface area contributed by atoms with Gasteiger partial charge in [0.05, 0.1) is 0 Å². The quantitative estimate of drug-likeness (QED) is 0.887. The molecule has 0 atom stereocenters. The largest absolute Gasteiger partial charge is 0.326 e. The lowest BCUT2D eigenvalue weighted by molar-refractivity contribution is -0.117. The van der Waals surface area contributed by atoms with Crippen LogP contribution < -0.4 is 10.2 Å². The molecule has 18 heavy (non-hydrogen) atoms. The van der Waals surface area contributed by atoms with E-state index in [0.29, 0.717) is 12.5 Å². The number of nitrogens with one attached hydrogen (secondary N) is 1. The molecule has 1 N–H and O–H groups in total. The fourth-order valence-corrected chi connectivity index (χ4v) is 1.94. The number of anilines is 2. The highest BCUT2D eigenvalue weighted by molar-refractivity contribution is 5.94. The summed E-state index contributed by atoms with van der Waals surface area (Å²) >= 11 is 0. The molecule has 1 saturated carbocycles. The van der Waals surface area contributed by atoms with Crippen LogP contribution in [0.4, 0.5) is 11.4 Å². The van der Waals surface area contributed by atoms with E-state index in [-0.39, 0.29) is 11.8 Å². The van der Waals surface area contributed by atoms with E-state index in [1.165, 1.54) is 0 Å². The van der Waals surface area contributed by atoms with Gasteiger partial charge in [0, 0.05) is 30.8 Å². The van der Waals surface area contributed by atoms with Crippen LogP contribution in [-0.2, 0) is 9.59 Å². The highest BCUT2D eigenvalue weighted by atomic mass is 16.2. The third kappa shape index (κ3) is 2.88. The van der Waals surface area contributed by atoms with Crippen LogP contribution in [0.25, 0.3) is 0 Å². The van der Waals surface area contributed by atoms with Crippen molar-refractivity contribution in [3.05, 3.63) is 24.3 Å². The van der Waals surface area contributed by atoms with E-state index in [2.05, 4.69) is 5.32 Å². The highest BCUT2D eigenvalue weighted by Gasteiger charge is 2.31. The first-order chi connectivity index (χ1) is 8.61. The molecule has 2 amide bonds. The van der Waals surface area contributed by atoms with E-state index in [0.717, 1.165) is 24.2 Å². The van der Waals surface area contributed by atoms with Crippen LogP contribution in [0.15, 0.2) is 24.3 Å². The molecule has 0 spiro atoms. The monoisotopic (exact) mass is 246 g/mol. The maximum absolute atomic E-state index is 11.6. The van der Waals surface area contributed by atoms with Crippen LogP contribution in [0.1, 0.15) is 33.1 Å². The molecule has 1 fully saturated rings. The van der Waals surface area contributed by atoms with E-state index in [1.54, 1.807) is 6.92 Å². The van der Waals surface area contributed by atoms with Gasteiger partial charge < -0.3 is 10.2 Å². The second-order valence-corrected chi connectivity index (χ2v) is 4.57. The summed E-state index contributed by atoms with van der Waals surface area (Å²) in [5, 5.41) is 2.79. The lowest BCUT2D eigenvalue weighted by Crippen LogP contribution is -2.30. The van der Waals surface area contributed by atoms with Gasteiger partial charge >= 0.3 is 0 Å². The van der Waals surface area contributed by atoms with Crippen LogP contribution in [0.3, 0.4) is 0 Å². The lowest BCUT2D eigenvalue weighted by Gasteiger charge is -2.21. The Morgan fingerprint density at radius 3 is 2.33 bits per heavy atom. The van der Waals surface area contributed by atoms with Crippen molar-refractivity contribution < 1.29 is 9.59 Å². The molecular formula is C14H18N2O2. The fraction of sp³-hybridized carbons (Fsp3) is 0.429. The molecule has 4 nitrogen and oxygen atoms in total. The summed E-state index contributed by atoms with van der Waals surface area (Å²) in [4.78, 5) is 24.7. The van der Waals surface area contributed by atoms with Gasteiger partial charge in [-0.3, -0.25) is 9.59 Å². The highest BCUT2D eigenvalue weighted by Crippen LogP contribution is 2.32. The zero-order valence-electron chi connectivity index (χ0n) is 10.8. The molecule has 96 valence electrons. The minimum atomic E-state index is -0.00614. The molecule has 1 aliphatic rings. The minimum Gasteiger partial charge on any atom is -0.326 e. The van der Waals surface area contributed by atoms with Crippen molar-refractivity contribution >= 4 is 23.2 Å². The Hall–Kier alpha value is -1.84. The van der Waals surface area contributed by atoms with Gasteiger partial charge in [-0.1, -0.05) is 6.92 Å². The average molecular weight is 246 g/mol. The minimum absolute atomic E-state index is 0.00614. The summed E-state index contributed by atoms with van der Waals surface area (Å²) in [6.07, 6.45) is 2.62. The van der Waals surface area contributed by atoms with Gasteiger partial charge in [0.2, 0.25) is 11.8 Å². The van der Waals surface area contributed by atoms with E-state index in [9.17, 15) is 9.59 Å². The van der Waals surface area contributed by atoms with Crippen LogP contribution in [0, 0.1) is 0 Å². The van der Waals surface area contributed by atoms with Crippen molar-refractivity contribution in [3.8, 4) is 0 Å². The summed E-state index contributed by atoms with van der Waals surface area (Å²) in [6, 6.07) is 7.79. The molecule has 1 aliphatic carbocycles. The number of benzene rings is 1. The van der Waals surface area contributed by atoms with Gasteiger partial charge in [-0.05, 0) is 37.1 Å². The van der Waals surface area contributed by atoms with E-state index in [1.807, 2.05) is 36.1 Å². The predicted molar refractivity (Wildman–Crippen MR) is 71.5 cm³/mol. The molecule has 0 aromatic heterocycles. The van der Waals surface area contributed by atoms with Crippen molar-refractivity contribution in [2.75, 3.05) is 10.2 Å². The molecule has 0 bridgehead atoms. The fourth-order valence-electron chi connectivity index (χ4n) is 1.94. The zero-order valence-corrected chi connectivity index (χ0v) is 10.8. The Morgan fingerprint density at radius 1 is 1.28 bits per heavy atom. The number of rotatable bonds is 4. The van der Waals surface area contributed by atoms with Crippen molar-refractivity contribution in [1.82, 2.24) is 0 Å². The van der Waals surface area contributed by atoms with Crippen molar-refractivity contribution in [1.29, 1.82) is 0 Å². The number of nitrogens with zero attached hydrogens (tertiary/aromatic N) is 1. The summed E-state index contributed by atoms with van der Waals surface area (Å²) in [7, 11) is 0. The molecule has 1 aromatic carbocycles. The summed E-state index contributed by atoms with van der Waals surface area (Å²) in [6.45, 7) is 3.40. The van der Waals surface area contributed by atoms with Crippen LogP contribution >= 0.6 is 0 Å². The van der Waals surface area contributed by atoms with Crippen LogP contribution in [-0.4, -0.2) is 17.9 Å². The Kier molecular flexibility index (Phi) is 3.65. The van der Waals surface area contributed by atoms with Gasteiger partial charge in [-0.25, -0.2) is 0 Å². The summed E-state index contributed by atoms with van der Waals surface area (Å²) in [5.41, 5.74) is 1.67. The van der Waals surface area contributed by atoms with Gasteiger partial charge in [0.1, 0.15) is 0 Å². The number of hydrogen-bond acceptors (Lipinski definition) is 2. The summed E-state index contributed by atoms with van der Waals surface area (Å²) < 4.78 is 0. The van der Waals surface area contributed by atoms with Crippen molar-refractivity contribution in [2.45, 2.75) is 39.2 Å². The molecule has 1 aromatic rings. The maximum atomic E-state index is 11.6. The molecule has 0 aliphatic heterocycles. The Bertz CT molecular complexity index is 449. The van der Waals surface area contributed by atoms with Gasteiger partial charge in [-0.2, -0.15) is 0 Å². The molecule has 2 rings (SSSR count). The van der Waals surface area contributed by atoms with E-state index in [4.69, 9.17) is 0 Å². The van der Waals surface area contributed by atoms with Crippen molar-refractivity contribution in [2.24, 2.45) is 0 Å². The van der Waals surface area contributed by atoms with Crippen LogP contribution in [0.2, 0.25) is 0 Å². The maximum Gasteiger partial charge on any atom is 0.224 e. The molecular weight excluding hydrogens is 228 g/mol. The molecule has 0 saturated heterocycles. The molecule has 4 heteroatoms. The first kappa shape index (κ1) is 12.6. The van der Waals surface area contributed by atoms with E-state index < -0.39 is 0 Å². The third-order valence-corrected chi connectivity index (χ3v) is 3.00. The molecule has 0 unspecified atom stereocenters. The lowest BCUT2D eigenvalue weighted by atomic mass is 10.2. The molecule has 0 heterocycles. The van der Waals surface area contributed by atoms with Crippen LogP contribution in [0.5, 0.6) is 0 Å². The van der Waals surface area contributed by atoms with Gasteiger partial charge in [-0.15, -0.1) is 0 Å². The number of amides is 2. The smallest absolute Gasteiger partial charge is 0.224 e. The third-order valence-electron chi connectivity index (χ3n) is 3.00. The summed E-state index contributed by atoms with van der Waals surface area (Å²) in [5.74, 6) is 0.0659. The predicted octanol–water partition coefficient (Wildman–Crippen LogP) is 2.55. The Morgan fingerprint density at radius 2 is 1.89 bits per heavy atom. The number of hydrogen-bond donors (Lipinski definition) is 1. The Balaban J connectivity index is 2.10. The first-order valence-electron chi connectivity index (χ1n) is 6.31. The standard InChI is InChI=1S/C14H18N2O2/c1-3-14(18)15-11-4-6-12(7-5-11)16(10(2)17)13-8-9-13/h4-7,13H,3,8-9H2,1-2H3,(H,15,18). The number of carbonyl (C=O) groups is 2. The molecule has 0 radical (unpaired) electrons. The Labute approximate surface area is 107 Å². The van der Waals surface area contributed by atoms with Crippen molar-refractivity contribution in [3.63, 3.8) is 0 Å². The second kappa shape index (κ2) is 5.21. The first-order valence-corrected chi connectivity index (χ1v) is 6.31. The second-order valence-electron chi connectivity index (χ2n) is 4.57.